The molecule has 0 atom stereocenters. The number of methoxy groups -OCH3 is 1. The standard InChI is InChI=1S/C17H15F2N3O2S/c1-24-15-8-2-11(10-14(15)19)3-9-16(23)21-22-17(25)20-13-6-4-12(18)5-7-13/h2-10H,1H3,(H,21,23)(H2,20,22,25)/b9-3+. The lowest BCUT2D eigenvalue weighted by Gasteiger charge is -2.10. The van der Waals surface area contributed by atoms with E-state index in [0.29, 0.717) is 11.3 Å². The van der Waals surface area contributed by atoms with Gasteiger partial charge in [0.05, 0.1) is 7.11 Å². The Hall–Kier alpha value is -3.00. The number of halogens is 2. The Morgan fingerprint density at radius 3 is 2.48 bits per heavy atom. The van der Waals surface area contributed by atoms with Gasteiger partial charge in [-0.25, -0.2) is 8.78 Å². The molecular formula is C17H15F2N3O2S. The van der Waals surface area contributed by atoms with Crippen LogP contribution in [0, 0.1) is 11.6 Å². The van der Waals surface area contributed by atoms with Crippen molar-refractivity contribution in [3.8, 4) is 5.75 Å². The number of benzene rings is 2. The number of carbonyl (C=O) groups excluding carboxylic acids is 1. The topological polar surface area (TPSA) is 62.4 Å². The fourth-order valence-electron chi connectivity index (χ4n) is 1.81. The van der Waals surface area contributed by atoms with E-state index in [1.165, 1.54) is 55.7 Å². The summed E-state index contributed by atoms with van der Waals surface area (Å²) in [5.74, 6) is -1.24. The summed E-state index contributed by atoms with van der Waals surface area (Å²) in [5.41, 5.74) is 5.91. The SMILES string of the molecule is COc1ccc(/C=C/C(=O)NNC(=S)Nc2ccc(F)cc2)cc1F. The molecule has 0 radical (unpaired) electrons. The zero-order valence-corrected chi connectivity index (χ0v) is 14.0. The van der Waals surface area contributed by atoms with Gasteiger partial charge in [-0.05, 0) is 60.3 Å². The van der Waals surface area contributed by atoms with Gasteiger partial charge in [0.25, 0.3) is 5.91 Å². The summed E-state index contributed by atoms with van der Waals surface area (Å²) in [5, 5.41) is 2.90. The van der Waals surface area contributed by atoms with Crippen LogP contribution in [-0.4, -0.2) is 18.1 Å². The molecule has 3 N–H and O–H groups in total. The molecule has 0 fully saturated rings. The summed E-state index contributed by atoms with van der Waals surface area (Å²) in [6.45, 7) is 0. The van der Waals surface area contributed by atoms with E-state index in [9.17, 15) is 13.6 Å². The maximum Gasteiger partial charge on any atom is 0.262 e. The zero-order chi connectivity index (χ0) is 18.2. The normalized spacial score (nSPS) is 10.4. The highest BCUT2D eigenvalue weighted by atomic mass is 32.1. The molecule has 0 saturated heterocycles. The van der Waals surface area contributed by atoms with Crippen molar-refractivity contribution in [3.05, 3.63) is 65.7 Å². The number of hydrogen-bond acceptors (Lipinski definition) is 3. The molecule has 0 aliphatic rings. The van der Waals surface area contributed by atoms with Gasteiger partial charge < -0.3 is 10.1 Å². The quantitative estimate of drug-likeness (QED) is 0.443. The lowest BCUT2D eigenvalue weighted by Crippen LogP contribution is -2.43. The van der Waals surface area contributed by atoms with Crippen LogP contribution >= 0.6 is 12.2 Å². The Kier molecular flexibility index (Phi) is 6.41. The highest BCUT2D eigenvalue weighted by Gasteiger charge is 2.03. The minimum Gasteiger partial charge on any atom is -0.494 e. The molecule has 0 aromatic heterocycles. The third kappa shape index (κ3) is 5.85. The molecule has 0 bridgehead atoms. The summed E-state index contributed by atoms with van der Waals surface area (Å²) in [6, 6.07) is 9.89. The van der Waals surface area contributed by atoms with Crippen molar-refractivity contribution >= 4 is 35.0 Å². The second-order valence-corrected chi connectivity index (χ2v) is 5.21. The van der Waals surface area contributed by atoms with E-state index in [-0.39, 0.29) is 16.7 Å². The van der Waals surface area contributed by atoms with Crippen LogP contribution in [0.3, 0.4) is 0 Å². The van der Waals surface area contributed by atoms with Crippen molar-refractivity contribution in [1.82, 2.24) is 10.9 Å². The van der Waals surface area contributed by atoms with Crippen LogP contribution in [0.15, 0.2) is 48.5 Å². The number of hydrogen-bond donors (Lipinski definition) is 3. The zero-order valence-electron chi connectivity index (χ0n) is 13.2. The van der Waals surface area contributed by atoms with Crippen molar-refractivity contribution in [2.45, 2.75) is 0 Å². The van der Waals surface area contributed by atoms with E-state index in [2.05, 4.69) is 16.2 Å². The van der Waals surface area contributed by atoms with Crippen LogP contribution in [0.2, 0.25) is 0 Å². The van der Waals surface area contributed by atoms with E-state index in [0.717, 1.165) is 0 Å². The molecule has 0 aliphatic heterocycles. The smallest absolute Gasteiger partial charge is 0.262 e. The molecule has 1 amide bonds. The monoisotopic (exact) mass is 363 g/mol. The Balaban J connectivity index is 1.82. The third-order valence-corrected chi connectivity index (χ3v) is 3.21. The molecule has 0 saturated carbocycles. The lowest BCUT2D eigenvalue weighted by molar-refractivity contribution is -0.116. The molecule has 0 unspecified atom stereocenters. The molecule has 25 heavy (non-hydrogen) atoms. The first kappa shape index (κ1) is 18.3. The van der Waals surface area contributed by atoms with Gasteiger partial charge >= 0.3 is 0 Å². The molecule has 0 spiro atoms. The molecule has 0 heterocycles. The molecule has 2 aromatic carbocycles. The first-order valence-corrected chi connectivity index (χ1v) is 7.53. The Labute approximate surface area is 148 Å². The average Bonchev–Trinajstić information content (AvgIpc) is 2.60. The highest BCUT2D eigenvalue weighted by Crippen LogP contribution is 2.18. The van der Waals surface area contributed by atoms with E-state index in [1.54, 1.807) is 6.07 Å². The second-order valence-electron chi connectivity index (χ2n) is 4.80. The maximum atomic E-state index is 13.5. The van der Waals surface area contributed by atoms with Crippen LogP contribution in [0.4, 0.5) is 14.5 Å². The maximum absolute atomic E-state index is 13.5. The number of thiocarbonyl (C=S) groups is 1. The first-order valence-electron chi connectivity index (χ1n) is 7.12. The Morgan fingerprint density at radius 1 is 1.12 bits per heavy atom. The van der Waals surface area contributed by atoms with Crippen LogP contribution in [0.5, 0.6) is 5.75 Å². The van der Waals surface area contributed by atoms with Crippen molar-refractivity contribution < 1.29 is 18.3 Å². The van der Waals surface area contributed by atoms with Gasteiger partial charge in [-0.3, -0.25) is 15.6 Å². The van der Waals surface area contributed by atoms with Crippen molar-refractivity contribution in [2.75, 3.05) is 12.4 Å². The van der Waals surface area contributed by atoms with Crippen molar-refractivity contribution in [1.29, 1.82) is 0 Å². The fraction of sp³-hybridized carbons (Fsp3) is 0.0588. The molecule has 0 aliphatic carbocycles. The van der Waals surface area contributed by atoms with Crippen LogP contribution < -0.4 is 20.9 Å². The summed E-state index contributed by atoms with van der Waals surface area (Å²) in [4.78, 5) is 11.7. The number of amides is 1. The summed E-state index contributed by atoms with van der Waals surface area (Å²) in [6.07, 6.45) is 2.66. The predicted octanol–water partition coefficient (Wildman–Crippen LogP) is 3.00. The van der Waals surface area contributed by atoms with Crippen LogP contribution in [-0.2, 0) is 4.79 Å². The summed E-state index contributed by atoms with van der Waals surface area (Å²) in [7, 11) is 1.37. The molecular weight excluding hydrogens is 348 g/mol. The summed E-state index contributed by atoms with van der Waals surface area (Å²) >= 11 is 4.99. The van der Waals surface area contributed by atoms with E-state index < -0.39 is 11.7 Å². The number of anilines is 1. The van der Waals surface area contributed by atoms with Crippen LogP contribution in [0.25, 0.3) is 6.08 Å². The van der Waals surface area contributed by atoms with E-state index in [1.807, 2.05) is 0 Å². The summed E-state index contributed by atoms with van der Waals surface area (Å²) < 4.78 is 31.2. The van der Waals surface area contributed by atoms with Gasteiger partial charge in [0.1, 0.15) is 5.82 Å². The molecule has 130 valence electrons. The van der Waals surface area contributed by atoms with E-state index in [4.69, 9.17) is 17.0 Å². The van der Waals surface area contributed by atoms with Gasteiger partial charge in [-0.2, -0.15) is 0 Å². The Morgan fingerprint density at radius 2 is 1.84 bits per heavy atom. The third-order valence-electron chi connectivity index (χ3n) is 3.00. The van der Waals surface area contributed by atoms with Gasteiger partial charge in [0.2, 0.25) is 0 Å². The van der Waals surface area contributed by atoms with Crippen molar-refractivity contribution in [3.63, 3.8) is 0 Å². The number of hydrazine groups is 1. The predicted molar refractivity (Wildman–Crippen MR) is 95.9 cm³/mol. The van der Waals surface area contributed by atoms with Crippen LogP contribution in [0.1, 0.15) is 5.56 Å². The molecule has 5 nitrogen and oxygen atoms in total. The minimum atomic E-state index is -0.521. The minimum absolute atomic E-state index is 0.125. The Bertz CT molecular complexity index is 795. The lowest BCUT2D eigenvalue weighted by atomic mass is 10.2. The molecule has 2 rings (SSSR count). The van der Waals surface area contributed by atoms with Gasteiger partial charge in [0.15, 0.2) is 16.7 Å². The molecule has 8 heteroatoms. The van der Waals surface area contributed by atoms with E-state index >= 15 is 0 Å². The highest BCUT2D eigenvalue weighted by molar-refractivity contribution is 7.80. The van der Waals surface area contributed by atoms with Gasteiger partial charge in [-0.15, -0.1) is 0 Å². The van der Waals surface area contributed by atoms with Gasteiger partial charge in [0, 0.05) is 11.8 Å². The number of carbonyl (C=O) groups is 1. The second kappa shape index (κ2) is 8.74. The number of rotatable bonds is 4. The van der Waals surface area contributed by atoms with Crippen molar-refractivity contribution in [2.24, 2.45) is 0 Å². The largest absolute Gasteiger partial charge is 0.494 e. The first-order chi connectivity index (χ1) is 12.0. The van der Waals surface area contributed by atoms with Gasteiger partial charge in [-0.1, -0.05) is 6.07 Å². The fourth-order valence-corrected chi connectivity index (χ4v) is 1.98. The average molecular weight is 363 g/mol. The number of ether oxygens (including phenoxy) is 1. The number of nitrogens with one attached hydrogen (secondary N) is 3. The molecule has 2 aromatic rings.